The molecular weight excluding hydrogens is 412 g/mol. The third-order valence-electron chi connectivity index (χ3n) is 6.40. The van der Waals surface area contributed by atoms with Gasteiger partial charge in [-0.25, -0.2) is 4.98 Å². The van der Waals surface area contributed by atoms with Crippen molar-refractivity contribution in [2.24, 2.45) is 0 Å². The minimum atomic E-state index is 0.815. The lowest BCUT2D eigenvalue weighted by Gasteiger charge is -2.28. The maximum Gasteiger partial charge on any atom is 0.0788 e. The Balaban J connectivity index is 1.74. The highest BCUT2D eigenvalue weighted by Gasteiger charge is 2.21. The van der Waals surface area contributed by atoms with Crippen LogP contribution in [0.2, 0.25) is 0 Å². The van der Waals surface area contributed by atoms with Gasteiger partial charge in [-0.05, 0) is 47.7 Å². The van der Waals surface area contributed by atoms with Crippen LogP contribution in [0.3, 0.4) is 0 Å². The van der Waals surface area contributed by atoms with E-state index in [0.717, 1.165) is 40.3 Å². The molecule has 0 amide bonds. The molecule has 1 aromatic heterocycles. The summed E-state index contributed by atoms with van der Waals surface area (Å²) in [6.07, 6.45) is 9.30. The second-order valence-corrected chi connectivity index (χ2v) is 8.48. The second kappa shape index (κ2) is 8.49. The molecule has 0 radical (unpaired) electrons. The number of allylic oxidation sites excluding steroid dienone is 4. The average molecular weight is 437 g/mol. The fourth-order valence-corrected chi connectivity index (χ4v) is 4.88. The number of anilines is 2. The third-order valence-corrected chi connectivity index (χ3v) is 6.40. The molecule has 0 bridgehead atoms. The van der Waals surface area contributed by atoms with Gasteiger partial charge in [0.25, 0.3) is 0 Å². The highest BCUT2D eigenvalue weighted by molar-refractivity contribution is 6.14. The number of nitrogens with zero attached hydrogens (tertiary/aromatic N) is 2. The van der Waals surface area contributed by atoms with E-state index >= 15 is 0 Å². The number of rotatable bonds is 2. The summed E-state index contributed by atoms with van der Waals surface area (Å²) >= 11 is 0. The van der Waals surface area contributed by atoms with Gasteiger partial charge in [-0.3, -0.25) is 0 Å². The van der Waals surface area contributed by atoms with Crippen molar-refractivity contribution in [2.45, 2.75) is 6.42 Å². The fourth-order valence-electron chi connectivity index (χ4n) is 4.88. The topological polar surface area (TPSA) is 16.1 Å². The van der Waals surface area contributed by atoms with Gasteiger partial charge in [0.2, 0.25) is 0 Å². The van der Waals surface area contributed by atoms with E-state index in [1.807, 2.05) is 12.1 Å². The molecule has 0 spiro atoms. The number of fused-ring (bicyclic) bond motifs is 5. The van der Waals surface area contributed by atoms with Crippen LogP contribution in [0.4, 0.5) is 11.4 Å². The molecule has 0 fully saturated rings. The van der Waals surface area contributed by atoms with Gasteiger partial charge in [-0.2, -0.15) is 0 Å². The van der Waals surface area contributed by atoms with Gasteiger partial charge in [0.1, 0.15) is 0 Å². The molecule has 0 saturated heterocycles. The zero-order chi connectivity index (χ0) is 22.9. The monoisotopic (exact) mass is 436 g/mol. The Morgan fingerprint density at radius 3 is 2.26 bits per heavy atom. The van der Waals surface area contributed by atoms with Crippen molar-refractivity contribution in [1.82, 2.24) is 4.98 Å². The van der Waals surface area contributed by atoms with Crippen LogP contribution >= 0.6 is 0 Å². The predicted molar refractivity (Wildman–Crippen MR) is 144 cm³/mol. The molecule has 0 N–H and O–H groups in total. The van der Waals surface area contributed by atoms with Crippen molar-refractivity contribution in [2.75, 3.05) is 4.90 Å². The summed E-state index contributed by atoms with van der Waals surface area (Å²) in [7, 11) is 0. The molecule has 5 aromatic rings. The maximum atomic E-state index is 5.11. The summed E-state index contributed by atoms with van der Waals surface area (Å²) in [5.74, 6) is 0. The number of para-hydroxylation sites is 2. The number of pyridine rings is 1. The molecule has 0 atom stereocenters. The lowest BCUT2D eigenvalue weighted by molar-refractivity contribution is 1.18. The quantitative estimate of drug-likeness (QED) is 0.258. The molecule has 6 rings (SSSR count). The Kier molecular flexibility index (Phi) is 5.04. The summed E-state index contributed by atoms with van der Waals surface area (Å²) in [5, 5.41) is 3.60. The number of aromatic nitrogens is 1. The van der Waals surface area contributed by atoms with Crippen molar-refractivity contribution in [3.63, 3.8) is 0 Å². The van der Waals surface area contributed by atoms with Crippen molar-refractivity contribution >= 4 is 33.1 Å². The van der Waals surface area contributed by atoms with Crippen LogP contribution in [0.1, 0.15) is 5.56 Å². The average Bonchev–Trinajstić information content (AvgIpc) is 2.97. The molecule has 0 unspecified atom stereocenters. The molecule has 1 aliphatic rings. The van der Waals surface area contributed by atoms with E-state index in [9.17, 15) is 0 Å². The lowest BCUT2D eigenvalue weighted by Crippen LogP contribution is -2.16. The highest BCUT2D eigenvalue weighted by atomic mass is 15.1. The molecule has 1 aliphatic heterocycles. The summed E-state index contributed by atoms with van der Waals surface area (Å²) < 4.78 is 0. The van der Waals surface area contributed by atoms with Crippen molar-refractivity contribution < 1.29 is 0 Å². The zero-order valence-electron chi connectivity index (χ0n) is 18.9. The van der Waals surface area contributed by atoms with E-state index < -0.39 is 0 Å². The van der Waals surface area contributed by atoms with Crippen molar-refractivity contribution in [3.8, 4) is 11.3 Å². The minimum Gasteiger partial charge on any atom is -0.311 e. The molecule has 2 nitrogen and oxygen atoms in total. The first kappa shape index (κ1) is 20.2. The van der Waals surface area contributed by atoms with E-state index in [4.69, 9.17) is 4.98 Å². The molecule has 34 heavy (non-hydrogen) atoms. The van der Waals surface area contributed by atoms with Crippen LogP contribution in [0.5, 0.6) is 0 Å². The molecular formula is C32H24N2. The first-order valence-corrected chi connectivity index (χ1v) is 11.6. The molecule has 0 saturated carbocycles. The van der Waals surface area contributed by atoms with Crippen molar-refractivity contribution in [1.29, 1.82) is 0 Å². The van der Waals surface area contributed by atoms with Crippen LogP contribution in [-0.2, 0) is 6.42 Å². The van der Waals surface area contributed by atoms with Gasteiger partial charge in [0.15, 0.2) is 0 Å². The van der Waals surface area contributed by atoms with E-state index in [1.165, 1.54) is 21.7 Å². The van der Waals surface area contributed by atoms with E-state index in [2.05, 4.69) is 121 Å². The SMILES string of the molecule is C=C1/C=C\C=C/Cc2c(ccc3c(-c4ccccc4)nc4ccccc4c23)N1c1ccccc1. The van der Waals surface area contributed by atoms with Crippen LogP contribution in [0.15, 0.2) is 134 Å². The van der Waals surface area contributed by atoms with E-state index in [1.54, 1.807) is 0 Å². The fraction of sp³-hybridized carbons (Fsp3) is 0.0312. The second-order valence-electron chi connectivity index (χ2n) is 8.48. The Hall–Kier alpha value is -4.43. The van der Waals surface area contributed by atoms with Gasteiger partial charge in [0.05, 0.1) is 16.9 Å². The molecule has 4 aromatic carbocycles. The molecule has 2 heteroatoms. The largest absolute Gasteiger partial charge is 0.311 e. The summed E-state index contributed by atoms with van der Waals surface area (Å²) in [4.78, 5) is 7.37. The smallest absolute Gasteiger partial charge is 0.0788 e. The number of hydrogen-bond donors (Lipinski definition) is 0. The number of benzene rings is 4. The minimum absolute atomic E-state index is 0.815. The zero-order valence-corrected chi connectivity index (χ0v) is 18.9. The van der Waals surface area contributed by atoms with Gasteiger partial charge < -0.3 is 4.90 Å². The van der Waals surface area contributed by atoms with Gasteiger partial charge in [-0.15, -0.1) is 0 Å². The molecule has 162 valence electrons. The Labute approximate surface area is 199 Å². The maximum absolute atomic E-state index is 5.11. The van der Waals surface area contributed by atoms with Crippen LogP contribution in [-0.4, -0.2) is 4.98 Å². The highest BCUT2D eigenvalue weighted by Crippen LogP contribution is 2.42. The third kappa shape index (κ3) is 3.41. The predicted octanol–water partition coefficient (Wildman–Crippen LogP) is 8.38. The first-order valence-electron chi connectivity index (χ1n) is 11.6. The van der Waals surface area contributed by atoms with Gasteiger partial charge in [-0.1, -0.05) is 97.6 Å². The molecule has 0 aliphatic carbocycles. The summed E-state index contributed by atoms with van der Waals surface area (Å²) in [6.45, 7) is 4.41. The van der Waals surface area contributed by atoms with Crippen LogP contribution in [0.25, 0.3) is 32.9 Å². The van der Waals surface area contributed by atoms with Crippen LogP contribution in [0, 0.1) is 0 Å². The summed E-state index contributed by atoms with van der Waals surface area (Å²) in [6, 6.07) is 33.9. The Morgan fingerprint density at radius 2 is 1.44 bits per heavy atom. The van der Waals surface area contributed by atoms with Gasteiger partial charge >= 0.3 is 0 Å². The van der Waals surface area contributed by atoms with Gasteiger partial charge in [0, 0.05) is 27.7 Å². The summed E-state index contributed by atoms with van der Waals surface area (Å²) in [5.41, 5.74) is 7.61. The normalized spacial score (nSPS) is 15.4. The van der Waals surface area contributed by atoms with E-state index in [0.29, 0.717) is 0 Å². The Bertz CT molecular complexity index is 1580. The van der Waals surface area contributed by atoms with Crippen LogP contribution < -0.4 is 4.90 Å². The van der Waals surface area contributed by atoms with Crippen molar-refractivity contribution in [3.05, 3.63) is 139 Å². The standard InChI is InChI=1S/C32H24N2/c1-23-13-5-2-10-19-27-30(34(23)25-16-8-4-9-17-25)22-21-28-31(27)26-18-11-12-20-29(26)33-32(28)24-14-6-3-7-15-24/h2-18,20-22H,1,19H2/b10-2-,13-5-. The van der Waals surface area contributed by atoms with E-state index in [-0.39, 0.29) is 0 Å². The lowest BCUT2D eigenvalue weighted by atomic mass is 9.93. The number of hydrogen-bond acceptors (Lipinski definition) is 2. The molecule has 2 heterocycles. The first-order chi connectivity index (χ1) is 16.8. The Morgan fingerprint density at radius 1 is 0.706 bits per heavy atom.